The molecule has 3 aliphatic carbocycles. The highest BCUT2D eigenvalue weighted by Crippen LogP contribution is 2.64. The zero-order valence-electron chi connectivity index (χ0n) is 22.0. The molecule has 6 rings (SSSR count). The first kappa shape index (κ1) is 25.0. The molecular weight excluding hydrogens is 480 g/mol. The first-order valence-electron chi connectivity index (χ1n) is 14.2. The molecule has 1 aliphatic heterocycles. The molecule has 2 aromatic carbocycles. The molecule has 1 heterocycles. The molecule has 3 saturated carbocycles. The van der Waals surface area contributed by atoms with Crippen molar-refractivity contribution in [3.05, 3.63) is 70.7 Å². The van der Waals surface area contributed by atoms with Gasteiger partial charge in [0.2, 0.25) is 11.8 Å². The smallest absolute Gasteiger partial charge is 0.233 e. The Morgan fingerprint density at radius 3 is 2.43 bits per heavy atom. The van der Waals surface area contributed by atoms with E-state index in [1.165, 1.54) is 38.5 Å². The largest absolute Gasteiger partial charge is 0.352 e. The Hall–Kier alpha value is -2.33. The van der Waals surface area contributed by atoms with E-state index in [4.69, 9.17) is 11.6 Å². The maximum atomic E-state index is 13.8. The molecule has 0 bridgehead atoms. The second-order valence-electron chi connectivity index (χ2n) is 12.8. The van der Waals surface area contributed by atoms with Gasteiger partial charge in [0.1, 0.15) is 5.92 Å². The van der Waals surface area contributed by atoms with E-state index >= 15 is 0 Å². The van der Waals surface area contributed by atoms with Gasteiger partial charge in [-0.1, -0.05) is 74.3 Å². The van der Waals surface area contributed by atoms with Crippen molar-refractivity contribution in [3.8, 4) is 0 Å². The third-order valence-electron chi connectivity index (χ3n) is 10.9. The van der Waals surface area contributed by atoms with E-state index in [2.05, 4.69) is 24.5 Å². The monoisotopic (exact) mass is 518 g/mol. The summed E-state index contributed by atoms with van der Waals surface area (Å²) in [6, 6.07) is 17.4. The Kier molecular flexibility index (Phi) is 6.38. The van der Waals surface area contributed by atoms with Crippen LogP contribution >= 0.6 is 11.6 Å². The quantitative estimate of drug-likeness (QED) is 0.443. The van der Waals surface area contributed by atoms with Crippen molar-refractivity contribution >= 4 is 23.4 Å². The Labute approximate surface area is 225 Å². The summed E-state index contributed by atoms with van der Waals surface area (Å²) in [5, 5.41) is 7.25. The first-order chi connectivity index (χ1) is 17.8. The van der Waals surface area contributed by atoms with Crippen LogP contribution in [0.4, 0.5) is 0 Å². The Balaban J connectivity index is 1.26. The summed E-state index contributed by atoms with van der Waals surface area (Å²) in [7, 11) is 0. The molecule has 0 aromatic heterocycles. The van der Waals surface area contributed by atoms with Gasteiger partial charge in [-0.2, -0.15) is 0 Å². The lowest BCUT2D eigenvalue weighted by atomic mass is 9.47. The van der Waals surface area contributed by atoms with Crippen LogP contribution in [-0.4, -0.2) is 17.9 Å². The minimum Gasteiger partial charge on any atom is -0.352 e. The van der Waals surface area contributed by atoms with Crippen molar-refractivity contribution in [1.82, 2.24) is 10.6 Å². The molecule has 4 nitrogen and oxygen atoms in total. The third-order valence-corrected chi connectivity index (χ3v) is 11.1. The van der Waals surface area contributed by atoms with Crippen LogP contribution in [0.1, 0.15) is 82.4 Å². The van der Waals surface area contributed by atoms with Gasteiger partial charge in [-0.05, 0) is 96.8 Å². The normalized spacial score (nSPS) is 37.5. The van der Waals surface area contributed by atoms with E-state index in [1.807, 2.05) is 54.6 Å². The van der Waals surface area contributed by atoms with Crippen molar-refractivity contribution in [2.75, 3.05) is 0 Å². The number of amides is 2. The number of fused-ring (bicyclic) bond motifs is 5. The van der Waals surface area contributed by atoms with Crippen LogP contribution in [0.15, 0.2) is 54.6 Å². The molecule has 37 heavy (non-hydrogen) atoms. The highest BCUT2D eigenvalue weighted by molar-refractivity contribution is 6.30. The summed E-state index contributed by atoms with van der Waals surface area (Å²) in [5.41, 5.74) is 2.41. The molecule has 2 amide bonds. The SMILES string of the molecule is C[C@@]12CCC[C@H]1[C@@H]1CCC3NC(=O)C(C(=O)NC(c4ccccc4)c4ccc(Cl)cc4)C[C@]3(C)[C@@H]1CC2. The second-order valence-corrected chi connectivity index (χ2v) is 13.2. The van der Waals surface area contributed by atoms with Crippen LogP contribution in [0, 0.1) is 34.5 Å². The van der Waals surface area contributed by atoms with Gasteiger partial charge in [-0.15, -0.1) is 0 Å². The van der Waals surface area contributed by atoms with E-state index in [1.54, 1.807) is 0 Å². The first-order valence-corrected chi connectivity index (χ1v) is 14.6. The van der Waals surface area contributed by atoms with Crippen molar-refractivity contribution in [1.29, 1.82) is 0 Å². The fourth-order valence-electron chi connectivity index (χ4n) is 8.90. The number of halogens is 1. The predicted octanol–water partition coefficient (Wildman–Crippen LogP) is 6.68. The van der Waals surface area contributed by atoms with Gasteiger partial charge in [0.25, 0.3) is 0 Å². The summed E-state index contributed by atoms with van der Waals surface area (Å²) in [4.78, 5) is 27.2. The predicted molar refractivity (Wildman–Crippen MR) is 147 cm³/mol. The van der Waals surface area contributed by atoms with E-state index < -0.39 is 5.92 Å². The van der Waals surface area contributed by atoms with Gasteiger partial charge in [0.15, 0.2) is 0 Å². The Morgan fingerprint density at radius 1 is 0.946 bits per heavy atom. The molecule has 1 saturated heterocycles. The number of rotatable bonds is 4. The molecule has 4 aliphatic rings. The molecule has 5 heteroatoms. The lowest BCUT2D eigenvalue weighted by Crippen LogP contribution is -2.64. The van der Waals surface area contributed by atoms with Crippen LogP contribution in [0.3, 0.4) is 0 Å². The number of piperidine rings is 1. The molecule has 0 spiro atoms. The van der Waals surface area contributed by atoms with E-state index in [0.717, 1.165) is 29.4 Å². The number of carbonyl (C=O) groups is 2. The molecule has 0 radical (unpaired) electrons. The lowest BCUT2D eigenvalue weighted by Gasteiger charge is -2.60. The highest BCUT2D eigenvalue weighted by atomic mass is 35.5. The van der Waals surface area contributed by atoms with Gasteiger partial charge in [-0.3, -0.25) is 9.59 Å². The van der Waals surface area contributed by atoms with E-state index in [0.29, 0.717) is 22.8 Å². The number of nitrogens with one attached hydrogen (secondary N) is 2. The van der Waals surface area contributed by atoms with E-state index in [9.17, 15) is 9.59 Å². The molecule has 4 fully saturated rings. The average Bonchev–Trinajstić information content (AvgIpc) is 3.30. The van der Waals surface area contributed by atoms with Crippen molar-refractivity contribution in [3.63, 3.8) is 0 Å². The summed E-state index contributed by atoms with van der Waals surface area (Å²) in [6.07, 6.45) is 9.50. The minimum absolute atomic E-state index is 0.0364. The summed E-state index contributed by atoms with van der Waals surface area (Å²) < 4.78 is 0. The minimum atomic E-state index is -0.671. The summed E-state index contributed by atoms with van der Waals surface area (Å²) in [6.45, 7) is 4.90. The fourth-order valence-corrected chi connectivity index (χ4v) is 9.03. The zero-order valence-corrected chi connectivity index (χ0v) is 22.8. The van der Waals surface area contributed by atoms with Gasteiger partial charge < -0.3 is 10.6 Å². The Bertz CT molecular complexity index is 1170. The average molecular weight is 519 g/mol. The molecule has 8 atom stereocenters. The highest BCUT2D eigenvalue weighted by Gasteiger charge is 2.60. The number of carbonyl (C=O) groups excluding carboxylic acids is 2. The van der Waals surface area contributed by atoms with Crippen LogP contribution in [0.2, 0.25) is 5.02 Å². The molecule has 2 N–H and O–H groups in total. The van der Waals surface area contributed by atoms with Gasteiger partial charge in [0.05, 0.1) is 6.04 Å². The van der Waals surface area contributed by atoms with E-state index in [-0.39, 0.29) is 29.3 Å². The molecule has 2 aromatic rings. The van der Waals surface area contributed by atoms with Crippen LogP contribution in [0.5, 0.6) is 0 Å². The number of hydrogen-bond donors (Lipinski definition) is 2. The van der Waals surface area contributed by atoms with Crippen molar-refractivity contribution in [2.45, 2.75) is 77.3 Å². The Morgan fingerprint density at radius 2 is 1.68 bits per heavy atom. The van der Waals surface area contributed by atoms with Gasteiger partial charge in [0, 0.05) is 11.1 Å². The van der Waals surface area contributed by atoms with Crippen LogP contribution in [0.25, 0.3) is 0 Å². The van der Waals surface area contributed by atoms with Gasteiger partial charge in [-0.25, -0.2) is 0 Å². The van der Waals surface area contributed by atoms with Crippen molar-refractivity contribution < 1.29 is 9.59 Å². The lowest BCUT2D eigenvalue weighted by molar-refractivity contribution is -0.151. The summed E-state index contributed by atoms with van der Waals surface area (Å²) in [5.74, 6) is 1.16. The topological polar surface area (TPSA) is 58.2 Å². The number of hydrogen-bond acceptors (Lipinski definition) is 2. The summed E-state index contributed by atoms with van der Waals surface area (Å²) >= 11 is 6.15. The third kappa shape index (κ3) is 4.30. The zero-order chi connectivity index (χ0) is 25.8. The fraction of sp³-hybridized carbons (Fsp3) is 0.562. The molecular formula is C32H39ClN2O2. The van der Waals surface area contributed by atoms with Crippen LogP contribution < -0.4 is 10.6 Å². The number of benzene rings is 2. The van der Waals surface area contributed by atoms with Crippen molar-refractivity contribution in [2.24, 2.45) is 34.5 Å². The molecule has 196 valence electrons. The maximum Gasteiger partial charge on any atom is 0.233 e. The van der Waals surface area contributed by atoms with Crippen LogP contribution in [-0.2, 0) is 9.59 Å². The second kappa shape index (κ2) is 9.45. The van der Waals surface area contributed by atoms with Gasteiger partial charge >= 0.3 is 0 Å². The molecule has 3 unspecified atom stereocenters. The maximum absolute atomic E-state index is 13.8. The standard InChI is InChI=1S/C32H39ClN2O2/c1-31-17-6-9-25(31)23-14-15-27-32(2,26(23)16-18-31)19-24(29(36)34-27)30(37)35-28(20-7-4-3-5-8-20)21-10-12-22(33)13-11-21/h3-5,7-8,10-13,23-28H,6,9,14-19H2,1-2H3,(H,34,36)(H,35,37)/t23-,24?,25-,26+,27?,28?,31-,32+/m0/s1.